The molecule has 0 saturated heterocycles. The Hall–Kier alpha value is -2.17. The molecule has 0 amide bonds. The smallest absolute Gasteiger partial charge is 0.225 e. The van der Waals surface area contributed by atoms with Crippen molar-refractivity contribution in [3.8, 4) is 11.6 Å². The minimum Gasteiger partial charge on any atom is -0.437 e. The maximum atomic E-state index is 5.55. The van der Waals surface area contributed by atoms with E-state index in [1.807, 2.05) is 19.1 Å². The van der Waals surface area contributed by atoms with Gasteiger partial charge in [-0.2, -0.15) is 4.98 Å². The molecule has 0 aliphatic carbocycles. The second-order valence-corrected chi connectivity index (χ2v) is 3.21. The van der Waals surface area contributed by atoms with Crippen molar-refractivity contribution >= 4 is 5.95 Å². The van der Waals surface area contributed by atoms with Crippen LogP contribution < -0.4 is 10.1 Å². The number of pyridine rings is 1. The minimum absolute atomic E-state index is 0.504. The predicted molar refractivity (Wildman–Crippen MR) is 60.6 cm³/mol. The number of anilines is 1. The van der Waals surface area contributed by atoms with E-state index in [9.17, 15) is 0 Å². The van der Waals surface area contributed by atoms with Crippen LogP contribution in [-0.2, 0) is 0 Å². The zero-order chi connectivity index (χ0) is 11.4. The highest BCUT2D eigenvalue weighted by atomic mass is 16.5. The zero-order valence-corrected chi connectivity index (χ0v) is 9.14. The first kappa shape index (κ1) is 10.4. The number of ether oxygens (including phenoxy) is 1. The highest BCUT2D eigenvalue weighted by Gasteiger charge is 2.02. The molecule has 2 aromatic heterocycles. The van der Waals surface area contributed by atoms with E-state index in [-0.39, 0.29) is 0 Å². The monoisotopic (exact) mass is 216 g/mol. The van der Waals surface area contributed by atoms with Crippen LogP contribution in [0.25, 0.3) is 0 Å². The van der Waals surface area contributed by atoms with E-state index in [1.165, 1.54) is 0 Å². The summed E-state index contributed by atoms with van der Waals surface area (Å²) in [6.07, 6.45) is 3.33. The van der Waals surface area contributed by atoms with Crippen molar-refractivity contribution < 1.29 is 4.74 Å². The number of aryl methyl sites for hydroxylation is 1. The van der Waals surface area contributed by atoms with Crippen LogP contribution in [0.1, 0.15) is 5.69 Å². The SMILES string of the molecule is CNc1nc(C)cc(Oc2cccnc2)n1. The molecule has 2 aromatic rings. The van der Waals surface area contributed by atoms with Crippen molar-refractivity contribution in [3.63, 3.8) is 0 Å². The van der Waals surface area contributed by atoms with Gasteiger partial charge < -0.3 is 10.1 Å². The predicted octanol–water partition coefficient (Wildman–Crippen LogP) is 2.01. The summed E-state index contributed by atoms with van der Waals surface area (Å²) in [6.45, 7) is 1.89. The van der Waals surface area contributed by atoms with Gasteiger partial charge in [0.1, 0.15) is 5.75 Å². The van der Waals surface area contributed by atoms with Crippen LogP contribution in [0.3, 0.4) is 0 Å². The van der Waals surface area contributed by atoms with Crippen LogP contribution >= 0.6 is 0 Å². The molecule has 0 spiro atoms. The molecule has 5 nitrogen and oxygen atoms in total. The molecule has 0 bridgehead atoms. The second-order valence-electron chi connectivity index (χ2n) is 3.21. The van der Waals surface area contributed by atoms with Crippen LogP contribution in [0.5, 0.6) is 11.6 Å². The molecule has 0 aromatic carbocycles. The first-order valence-corrected chi connectivity index (χ1v) is 4.89. The van der Waals surface area contributed by atoms with Crippen molar-refractivity contribution in [3.05, 3.63) is 36.3 Å². The molecule has 0 saturated carbocycles. The van der Waals surface area contributed by atoms with Crippen LogP contribution in [-0.4, -0.2) is 22.0 Å². The summed E-state index contributed by atoms with van der Waals surface area (Å²) in [5.41, 5.74) is 0.846. The maximum Gasteiger partial charge on any atom is 0.225 e. The molecular formula is C11H12N4O. The molecule has 2 rings (SSSR count). The Kier molecular flexibility index (Phi) is 2.95. The van der Waals surface area contributed by atoms with E-state index in [1.54, 1.807) is 25.5 Å². The zero-order valence-electron chi connectivity index (χ0n) is 9.14. The number of rotatable bonds is 3. The number of hydrogen-bond acceptors (Lipinski definition) is 5. The summed E-state index contributed by atoms with van der Waals surface area (Å²) in [7, 11) is 1.77. The van der Waals surface area contributed by atoms with E-state index in [2.05, 4.69) is 20.3 Å². The molecular weight excluding hydrogens is 204 g/mol. The van der Waals surface area contributed by atoms with E-state index in [0.29, 0.717) is 17.6 Å². The van der Waals surface area contributed by atoms with E-state index >= 15 is 0 Å². The van der Waals surface area contributed by atoms with Crippen LogP contribution in [0, 0.1) is 6.92 Å². The Balaban J connectivity index is 2.24. The topological polar surface area (TPSA) is 59.9 Å². The van der Waals surface area contributed by atoms with Gasteiger partial charge in [0.2, 0.25) is 11.8 Å². The molecule has 1 N–H and O–H groups in total. The Labute approximate surface area is 93.5 Å². The molecule has 0 fully saturated rings. The fourth-order valence-corrected chi connectivity index (χ4v) is 1.23. The number of nitrogens with one attached hydrogen (secondary N) is 1. The van der Waals surface area contributed by atoms with E-state index in [4.69, 9.17) is 4.74 Å². The first-order chi connectivity index (χ1) is 7.78. The third-order valence-electron chi connectivity index (χ3n) is 1.91. The Morgan fingerprint density at radius 3 is 2.88 bits per heavy atom. The van der Waals surface area contributed by atoms with Gasteiger partial charge in [-0.15, -0.1) is 0 Å². The number of nitrogens with zero attached hydrogens (tertiary/aromatic N) is 3. The third kappa shape index (κ3) is 2.44. The quantitative estimate of drug-likeness (QED) is 0.850. The highest BCUT2D eigenvalue weighted by Crippen LogP contribution is 2.19. The van der Waals surface area contributed by atoms with Gasteiger partial charge in [-0.25, -0.2) is 4.98 Å². The fourth-order valence-electron chi connectivity index (χ4n) is 1.23. The minimum atomic E-state index is 0.504. The van der Waals surface area contributed by atoms with Gasteiger partial charge in [-0.05, 0) is 19.1 Å². The van der Waals surface area contributed by atoms with Gasteiger partial charge >= 0.3 is 0 Å². The molecule has 2 heterocycles. The lowest BCUT2D eigenvalue weighted by Gasteiger charge is -2.06. The third-order valence-corrected chi connectivity index (χ3v) is 1.91. The summed E-state index contributed by atoms with van der Waals surface area (Å²) in [5.74, 6) is 1.70. The lowest BCUT2D eigenvalue weighted by molar-refractivity contribution is 0.459. The fraction of sp³-hybridized carbons (Fsp3) is 0.182. The lowest BCUT2D eigenvalue weighted by atomic mass is 10.4. The van der Waals surface area contributed by atoms with Gasteiger partial charge in [-0.1, -0.05) is 0 Å². The Bertz CT molecular complexity index is 473. The highest BCUT2D eigenvalue weighted by molar-refractivity contribution is 5.32. The summed E-state index contributed by atoms with van der Waals surface area (Å²) in [5, 5.41) is 2.88. The van der Waals surface area contributed by atoms with Crippen molar-refractivity contribution in [2.45, 2.75) is 6.92 Å². The molecule has 82 valence electrons. The first-order valence-electron chi connectivity index (χ1n) is 4.89. The van der Waals surface area contributed by atoms with Gasteiger partial charge in [0, 0.05) is 25.0 Å². The molecule has 16 heavy (non-hydrogen) atoms. The average Bonchev–Trinajstić information content (AvgIpc) is 2.29. The van der Waals surface area contributed by atoms with Crippen LogP contribution in [0.15, 0.2) is 30.6 Å². The summed E-state index contributed by atoms with van der Waals surface area (Å²) in [6, 6.07) is 5.40. The molecule has 0 aliphatic rings. The average molecular weight is 216 g/mol. The van der Waals surface area contributed by atoms with Crippen LogP contribution in [0.2, 0.25) is 0 Å². The van der Waals surface area contributed by atoms with E-state index in [0.717, 1.165) is 5.69 Å². The summed E-state index contributed by atoms with van der Waals surface area (Å²) >= 11 is 0. The van der Waals surface area contributed by atoms with Gasteiger partial charge in [0.05, 0.1) is 6.20 Å². The van der Waals surface area contributed by atoms with E-state index < -0.39 is 0 Å². The van der Waals surface area contributed by atoms with Crippen molar-refractivity contribution in [1.82, 2.24) is 15.0 Å². The Morgan fingerprint density at radius 2 is 2.19 bits per heavy atom. The standard InChI is InChI=1S/C11H12N4O/c1-8-6-10(15-11(12-2)14-8)16-9-4-3-5-13-7-9/h3-7H,1-2H3,(H,12,14,15). The van der Waals surface area contributed by atoms with Crippen molar-refractivity contribution in [2.24, 2.45) is 0 Å². The molecule has 0 aliphatic heterocycles. The van der Waals surface area contributed by atoms with Gasteiger partial charge in [0.15, 0.2) is 0 Å². The normalized spacial score (nSPS) is 9.88. The Morgan fingerprint density at radius 1 is 1.31 bits per heavy atom. The number of hydrogen-bond donors (Lipinski definition) is 1. The number of aromatic nitrogens is 3. The molecule has 0 unspecified atom stereocenters. The van der Waals surface area contributed by atoms with Gasteiger partial charge in [0.25, 0.3) is 0 Å². The largest absolute Gasteiger partial charge is 0.437 e. The summed E-state index contributed by atoms with van der Waals surface area (Å²) < 4.78 is 5.55. The van der Waals surface area contributed by atoms with Gasteiger partial charge in [-0.3, -0.25) is 4.98 Å². The van der Waals surface area contributed by atoms with Crippen molar-refractivity contribution in [1.29, 1.82) is 0 Å². The molecule has 0 atom stereocenters. The lowest BCUT2D eigenvalue weighted by Crippen LogP contribution is -1.99. The maximum absolute atomic E-state index is 5.55. The second kappa shape index (κ2) is 4.57. The summed E-state index contributed by atoms with van der Waals surface area (Å²) in [4.78, 5) is 12.3. The van der Waals surface area contributed by atoms with Crippen LogP contribution in [0.4, 0.5) is 5.95 Å². The molecule has 5 heteroatoms. The molecule has 0 radical (unpaired) electrons. The van der Waals surface area contributed by atoms with Crippen molar-refractivity contribution in [2.75, 3.05) is 12.4 Å².